The van der Waals surface area contributed by atoms with E-state index in [0.717, 1.165) is 18.2 Å². The Morgan fingerprint density at radius 3 is 2.78 bits per heavy atom. The molecule has 2 aliphatic rings. The smallest absolute Gasteiger partial charge is 0.185 e. The zero-order chi connectivity index (χ0) is 12.7. The van der Waals surface area contributed by atoms with Crippen LogP contribution in [0.3, 0.4) is 0 Å². The number of ether oxygens (including phenoxy) is 1. The maximum atomic E-state index is 5.84. The molecule has 4 nitrogen and oxygen atoms in total. The summed E-state index contributed by atoms with van der Waals surface area (Å²) in [5, 5.41) is 1.11. The molecule has 18 heavy (non-hydrogen) atoms. The van der Waals surface area contributed by atoms with E-state index in [1.54, 1.807) is 11.3 Å². The Kier molecular flexibility index (Phi) is 3.30. The van der Waals surface area contributed by atoms with Crippen LogP contribution in [0.1, 0.15) is 42.7 Å². The summed E-state index contributed by atoms with van der Waals surface area (Å²) in [6.07, 6.45) is 3.95. The quantitative estimate of drug-likeness (QED) is 0.907. The van der Waals surface area contributed by atoms with Gasteiger partial charge in [0.1, 0.15) is 0 Å². The molecule has 1 aromatic rings. The predicted octanol–water partition coefficient (Wildman–Crippen LogP) is 2.09. The van der Waals surface area contributed by atoms with Gasteiger partial charge in [-0.3, -0.25) is 0 Å². The largest absolute Gasteiger partial charge is 0.376 e. The van der Waals surface area contributed by atoms with Gasteiger partial charge in [-0.2, -0.15) is 0 Å². The molecule has 2 atom stereocenters. The fraction of sp³-hybridized carbons (Fsp3) is 0.769. The minimum Gasteiger partial charge on any atom is -0.376 e. The van der Waals surface area contributed by atoms with E-state index in [0.29, 0.717) is 24.6 Å². The molecule has 5 heteroatoms. The Balaban J connectivity index is 1.82. The van der Waals surface area contributed by atoms with Gasteiger partial charge < -0.3 is 15.4 Å². The van der Waals surface area contributed by atoms with E-state index in [1.807, 2.05) is 0 Å². The summed E-state index contributed by atoms with van der Waals surface area (Å²) in [6, 6.07) is 0.453. The number of nitrogens with zero attached hydrogens (tertiary/aromatic N) is 2. The highest BCUT2D eigenvalue weighted by Crippen LogP contribution is 2.44. The molecule has 1 aliphatic carbocycles. The van der Waals surface area contributed by atoms with Gasteiger partial charge in [0.05, 0.1) is 17.8 Å². The van der Waals surface area contributed by atoms with Crippen LogP contribution in [0.15, 0.2) is 0 Å². The van der Waals surface area contributed by atoms with Crippen molar-refractivity contribution < 1.29 is 4.74 Å². The zero-order valence-electron chi connectivity index (χ0n) is 11.1. The maximum Gasteiger partial charge on any atom is 0.185 e. The van der Waals surface area contributed by atoms with E-state index in [1.165, 1.54) is 23.4 Å². The molecule has 2 heterocycles. The van der Waals surface area contributed by atoms with Gasteiger partial charge in [-0.25, -0.2) is 4.98 Å². The molecular weight excluding hydrogens is 246 g/mol. The van der Waals surface area contributed by atoms with E-state index in [2.05, 4.69) is 18.9 Å². The van der Waals surface area contributed by atoms with Crippen LogP contribution >= 0.6 is 11.3 Å². The summed E-state index contributed by atoms with van der Waals surface area (Å²) in [6.45, 7) is 3.63. The number of aromatic nitrogens is 1. The van der Waals surface area contributed by atoms with Gasteiger partial charge in [0.15, 0.2) is 5.13 Å². The summed E-state index contributed by atoms with van der Waals surface area (Å²) in [7, 11) is 2.13. The second kappa shape index (κ2) is 4.79. The molecule has 0 radical (unpaired) electrons. The summed E-state index contributed by atoms with van der Waals surface area (Å²) in [5.41, 5.74) is 7.10. The summed E-state index contributed by atoms with van der Waals surface area (Å²) in [5.74, 6) is 0.680. The van der Waals surface area contributed by atoms with E-state index >= 15 is 0 Å². The maximum absolute atomic E-state index is 5.84. The lowest BCUT2D eigenvalue weighted by atomic mass is 10.1. The Morgan fingerprint density at radius 2 is 2.22 bits per heavy atom. The average Bonchev–Trinajstić information content (AvgIpc) is 2.98. The van der Waals surface area contributed by atoms with Crippen LogP contribution in [0, 0.1) is 0 Å². The van der Waals surface area contributed by atoms with Gasteiger partial charge in [-0.05, 0) is 26.2 Å². The van der Waals surface area contributed by atoms with Crippen LogP contribution in [0.2, 0.25) is 0 Å². The molecule has 0 aromatic carbocycles. The van der Waals surface area contributed by atoms with Crippen molar-refractivity contribution in [3.63, 3.8) is 0 Å². The number of hydrogen-bond donors (Lipinski definition) is 1. The summed E-state index contributed by atoms with van der Waals surface area (Å²) >= 11 is 1.76. The lowest BCUT2D eigenvalue weighted by molar-refractivity contribution is 0.118. The van der Waals surface area contributed by atoms with Gasteiger partial charge in [-0.15, -0.1) is 11.3 Å². The second-order valence-electron chi connectivity index (χ2n) is 5.33. The lowest BCUT2D eigenvalue weighted by Gasteiger charge is -2.26. The molecular formula is C13H21N3OS. The number of rotatable bonds is 4. The molecule has 0 amide bonds. The van der Waals surface area contributed by atoms with Crippen molar-refractivity contribution in [1.82, 2.24) is 4.98 Å². The van der Waals surface area contributed by atoms with Crippen LogP contribution < -0.4 is 10.6 Å². The fourth-order valence-corrected chi connectivity index (χ4v) is 3.74. The van der Waals surface area contributed by atoms with Crippen LogP contribution in [0.25, 0.3) is 0 Å². The normalized spacial score (nSPS) is 27.7. The van der Waals surface area contributed by atoms with Crippen LogP contribution in [-0.4, -0.2) is 30.8 Å². The Hall–Kier alpha value is -0.650. The van der Waals surface area contributed by atoms with Crippen molar-refractivity contribution in [3.05, 3.63) is 10.6 Å². The third-order valence-electron chi connectivity index (χ3n) is 4.00. The van der Waals surface area contributed by atoms with Crippen LogP contribution in [-0.2, 0) is 11.3 Å². The first-order chi connectivity index (χ1) is 8.70. The van der Waals surface area contributed by atoms with Crippen molar-refractivity contribution in [2.45, 2.75) is 50.8 Å². The second-order valence-corrected chi connectivity index (χ2v) is 6.39. The zero-order valence-corrected chi connectivity index (χ0v) is 11.9. The Bertz CT molecular complexity index is 430. The molecule has 3 rings (SSSR count). The molecule has 1 saturated carbocycles. The first-order valence-corrected chi connectivity index (χ1v) is 7.56. The van der Waals surface area contributed by atoms with E-state index in [-0.39, 0.29) is 0 Å². The summed E-state index contributed by atoms with van der Waals surface area (Å²) in [4.78, 5) is 8.39. The standard InChI is InChI=1S/C13H21N3OS/c1-8-10(5-6-17-8)16(2)13-15-12(9-3-4-9)11(7-14)18-13/h8-10H,3-7,14H2,1-2H3. The third kappa shape index (κ3) is 2.15. The number of anilines is 1. The molecule has 1 saturated heterocycles. The number of likely N-dealkylation sites (N-methyl/N-ethyl adjacent to an activating group) is 1. The lowest BCUT2D eigenvalue weighted by Crippen LogP contribution is -2.36. The molecule has 1 aromatic heterocycles. The highest BCUT2D eigenvalue weighted by atomic mass is 32.1. The number of thiazole rings is 1. The average molecular weight is 267 g/mol. The first kappa shape index (κ1) is 12.4. The minimum atomic E-state index is 0.296. The van der Waals surface area contributed by atoms with Gasteiger partial charge in [0.25, 0.3) is 0 Å². The number of hydrogen-bond acceptors (Lipinski definition) is 5. The molecule has 0 spiro atoms. The minimum absolute atomic E-state index is 0.296. The summed E-state index contributed by atoms with van der Waals surface area (Å²) < 4.78 is 5.64. The van der Waals surface area contributed by atoms with E-state index in [4.69, 9.17) is 15.5 Å². The highest BCUT2D eigenvalue weighted by molar-refractivity contribution is 7.15. The molecule has 2 unspecified atom stereocenters. The Morgan fingerprint density at radius 1 is 1.44 bits per heavy atom. The molecule has 2 N–H and O–H groups in total. The highest BCUT2D eigenvalue weighted by Gasteiger charge is 2.33. The van der Waals surface area contributed by atoms with Crippen molar-refractivity contribution >= 4 is 16.5 Å². The van der Waals surface area contributed by atoms with Crippen LogP contribution in [0.4, 0.5) is 5.13 Å². The van der Waals surface area contributed by atoms with Gasteiger partial charge in [-0.1, -0.05) is 0 Å². The van der Waals surface area contributed by atoms with Gasteiger partial charge in [0.2, 0.25) is 0 Å². The van der Waals surface area contributed by atoms with Gasteiger partial charge >= 0.3 is 0 Å². The van der Waals surface area contributed by atoms with Crippen molar-refractivity contribution in [2.24, 2.45) is 5.73 Å². The molecule has 0 bridgehead atoms. The van der Waals surface area contributed by atoms with Crippen LogP contribution in [0.5, 0.6) is 0 Å². The van der Waals surface area contributed by atoms with Crippen molar-refractivity contribution in [2.75, 3.05) is 18.6 Å². The molecule has 1 aliphatic heterocycles. The van der Waals surface area contributed by atoms with Crippen molar-refractivity contribution in [3.8, 4) is 0 Å². The molecule has 100 valence electrons. The Labute approximate surface area is 112 Å². The monoisotopic (exact) mass is 267 g/mol. The van der Waals surface area contributed by atoms with Gasteiger partial charge in [0, 0.05) is 31.0 Å². The SMILES string of the molecule is CC1OCCC1N(C)c1nc(C2CC2)c(CN)s1. The topological polar surface area (TPSA) is 51.4 Å². The predicted molar refractivity (Wildman–Crippen MR) is 74.2 cm³/mol. The molecule has 2 fully saturated rings. The third-order valence-corrected chi connectivity index (χ3v) is 5.19. The van der Waals surface area contributed by atoms with E-state index in [9.17, 15) is 0 Å². The first-order valence-electron chi connectivity index (χ1n) is 6.74. The van der Waals surface area contributed by atoms with E-state index < -0.39 is 0 Å². The fourth-order valence-electron chi connectivity index (χ4n) is 2.69. The van der Waals surface area contributed by atoms with Crippen molar-refractivity contribution in [1.29, 1.82) is 0 Å². The number of nitrogens with two attached hydrogens (primary N) is 1.